The molecule has 90 valence electrons. The van der Waals surface area contributed by atoms with Crippen molar-refractivity contribution in [1.29, 1.82) is 0 Å². The summed E-state index contributed by atoms with van der Waals surface area (Å²) < 4.78 is 26.3. The van der Waals surface area contributed by atoms with Gasteiger partial charge in [0.1, 0.15) is 11.6 Å². The molecule has 0 aliphatic heterocycles. The molecular weight excluding hydrogens is 212 g/mol. The van der Waals surface area contributed by atoms with E-state index in [1.807, 2.05) is 13.8 Å². The smallest absolute Gasteiger partial charge is 0.129 e. The predicted molar refractivity (Wildman–Crippen MR) is 59.6 cm³/mol. The first kappa shape index (κ1) is 13.0. The highest BCUT2D eigenvalue weighted by Gasteiger charge is 2.23. The highest BCUT2D eigenvalue weighted by Crippen LogP contribution is 2.25. The molecule has 0 amide bonds. The molecule has 5 heteroatoms. The highest BCUT2D eigenvalue weighted by molar-refractivity contribution is 5.26. The Morgan fingerprint density at radius 2 is 2.00 bits per heavy atom. The summed E-state index contributed by atoms with van der Waals surface area (Å²) in [4.78, 5) is 0. The van der Waals surface area contributed by atoms with Gasteiger partial charge in [-0.15, -0.1) is 0 Å². The minimum atomic E-state index is -0.561. The van der Waals surface area contributed by atoms with E-state index in [9.17, 15) is 8.78 Å². The van der Waals surface area contributed by atoms with Crippen molar-refractivity contribution in [2.24, 2.45) is 5.84 Å². The SMILES string of the molecule is CC(C)(CNCNN)c1ccc(F)cc1F. The summed E-state index contributed by atoms with van der Waals surface area (Å²) in [6, 6.07) is 3.64. The van der Waals surface area contributed by atoms with E-state index in [1.54, 1.807) is 0 Å². The van der Waals surface area contributed by atoms with Gasteiger partial charge in [-0.2, -0.15) is 0 Å². The van der Waals surface area contributed by atoms with Crippen LogP contribution in [0.2, 0.25) is 0 Å². The number of nitrogens with one attached hydrogen (secondary N) is 2. The normalized spacial score (nSPS) is 11.8. The summed E-state index contributed by atoms with van der Waals surface area (Å²) in [6.45, 7) is 4.74. The molecule has 0 aliphatic rings. The summed E-state index contributed by atoms with van der Waals surface area (Å²) in [5.41, 5.74) is 2.51. The Bertz CT molecular complexity index is 353. The first-order chi connectivity index (χ1) is 7.47. The molecular formula is C11H17F2N3. The fourth-order valence-electron chi connectivity index (χ4n) is 1.58. The zero-order valence-electron chi connectivity index (χ0n) is 9.48. The van der Waals surface area contributed by atoms with Gasteiger partial charge >= 0.3 is 0 Å². The van der Waals surface area contributed by atoms with E-state index in [-0.39, 0.29) is 0 Å². The van der Waals surface area contributed by atoms with Crippen LogP contribution in [-0.4, -0.2) is 13.2 Å². The summed E-state index contributed by atoms with van der Waals surface area (Å²) in [5.74, 6) is 4.03. The lowest BCUT2D eigenvalue weighted by atomic mass is 9.84. The maximum atomic E-state index is 13.5. The molecule has 0 fully saturated rings. The van der Waals surface area contributed by atoms with Crippen molar-refractivity contribution >= 4 is 0 Å². The lowest BCUT2D eigenvalue weighted by molar-refractivity contribution is 0.432. The minimum Gasteiger partial charge on any atom is -0.303 e. The van der Waals surface area contributed by atoms with Gasteiger partial charge in [0.05, 0.1) is 6.67 Å². The molecule has 0 heterocycles. The fraction of sp³-hybridized carbons (Fsp3) is 0.455. The van der Waals surface area contributed by atoms with Gasteiger partial charge in [-0.1, -0.05) is 19.9 Å². The van der Waals surface area contributed by atoms with Gasteiger partial charge in [0, 0.05) is 18.0 Å². The number of hydrazine groups is 1. The van der Waals surface area contributed by atoms with Crippen LogP contribution < -0.4 is 16.6 Å². The zero-order chi connectivity index (χ0) is 12.2. The van der Waals surface area contributed by atoms with Crippen LogP contribution in [0.1, 0.15) is 19.4 Å². The van der Waals surface area contributed by atoms with E-state index in [0.717, 1.165) is 6.07 Å². The summed E-state index contributed by atoms with van der Waals surface area (Å²) in [6.07, 6.45) is 0. The van der Waals surface area contributed by atoms with Gasteiger partial charge in [-0.3, -0.25) is 5.84 Å². The Balaban J connectivity index is 2.80. The first-order valence-electron chi connectivity index (χ1n) is 5.07. The molecule has 0 radical (unpaired) electrons. The average Bonchev–Trinajstić information content (AvgIpc) is 2.17. The van der Waals surface area contributed by atoms with Crippen LogP contribution in [0.15, 0.2) is 18.2 Å². The standard InChI is InChI=1S/C11H17F2N3/c1-11(2,6-15-7-16-14)9-4-3-8(12)5-10(9)13/h3-5,15-16H,6-7,14H2,1-2H3. The number of nitrogens with two attached hydrogens (primary N) is 1. The molecule has 0 spiro atoms. The van der Waals surface area contributed by atoms with Crippen LogP contribution in [0.4, 0.5) is 8.78 Å². The van der Waals surface area contributed by atoms with Crippen LogP contribution in [0, 0.1) is 11.6 Å². The largest absolute Gasteiger partial charge is 0.303 e. The summed E-state index contributed by atoms with van der Waals surface area (Å²) in [5, 5.41) is 3.02. The molecule has 1 aromatic rings. The second kappa shape index (κ2) is 5.34. The molecule has 4 N–H and O–H groups in total. The Kier molecular flexibility index (Phi) is 4.35. The van der Waals surface area contributed by atoms with Crippen molar-refractivity contribution in [2.75, 3.05) is 13.2 Å². The maximum absolute atomic E-state index is 13.5. The molecule has 0 aromatic heterocycles. The minimum absolute atomic E-state index is 0.422. The summed E-state index contributed by atoms with van der Waals surface area (Å²) in [7, 11) is 0. The molecule has 0 unspecified atom stereocenters. The monoisotopic (exact) mass is 229 g/mol. The zero-order valence-corrected chi connectivity index (χ0v) is 9.48. The number of hydrogen-bond donors (Lipinski definition) is 3. The highest BCUT2D eigenvalue weighted by atomic mass is 19.1. The number of halogens is 2. The molecule has 16 heavy (non-hydrogen) atoms. The Morgan fingerprint density at radius 3 is 2.56 bits per heavy atom. The van der Waals surface area contributed by atoms with Gasteiger partial charge < -0.3 is 5.32 Å². The molecule has 1 rings (SSSR count). The molecule has 3 nitrogen and oxygen atoms in total. The molecule has 1 aromatic carbocycles. The second-order valence-corrected chi connectivity index (χ2v) is 4.32. The Hall–Kier alpha value is -1.04. The van der Waals surface area contributed by atoms with Crippen molar-refractivity contribution in [3.63, 3.8) is 0 Å². The van der Waals surface area contributed by atoms with Crippen molar-refractivity contribution in [3.05, 3.63) is 35.4 Å². The van der Waals surface area contributed by atoms with Crippen molar-refractivity contribution < 1.29 is 8.78 Å². The third-order valence-corrected chi connectivity index (χ3v) is 2.45. The van der Waals surface area contributed by atoms with Crippen LogP contribution in [0.5, 0.6) is 0 Å². The Morgan fingerprint density at radius 1 is 1.31 bits per heavy atom. The van der Waals surface area contributed by atoms with Crippen LogP contribution in [-0.2, 0) is 5.41 Å². The molecule has 0 atom stereocenters. The number of benzene rings is 1. The number of rotatable bonds is 5. The first-order valence-corrected chi connectivity index (χ1v) is 5.07. The third-order valence-electron chi connectivity index (χ3n) is 2.45. The van der Waals surface area contributed by atoms with Crippen LogP contribution in [0.25, 0.3) is 0 Å². The van der Waals surface area contributed by atoms with E-state index >= 15 is 0 Å². The van der Waals surface area contributed by atoms with Crippen molar-refractivity contribution in [1.82, 2.24) is 10.7 Å². The van der Waals surface area contributed by atoms with E-state index < -0.39 is 17.0 Å². The summed E-state index contributed by atoms with van der Waals surface area (Å²) >= 11 is 0. The van der Waals surface area contributed by atoms with Crippen molar-refractivity contribution in [2.45, 2.75) is 19.3 Å². The van der Waals surface area contributed by atoms with Crippen LogP contribution in [0.3, 0.4) is 0 Å². The van der Waals surface area contributed by atoms with Crippen LogP contribution >= 0.6 is 0 Å². The lowest BCUT2D eigenvalue weighted by Gasteiger charge is -2.26. The third kappa shape index (κ3) is 3.23. The van der Waals surface area contributed by atoms with Crippen molar-refractivity contribution in [3.8, 4) is 0 Å². The fourth-order valence-corrected chi connectivity index (χ4v) is 1.58. The molecule has 0 aliphatic carbocycles. The number of hydrogen-bond acceptors (Lipinski definition) is 3. The van der Waals surface area contributed by atoms with Gasteiger partial charge in [0.25, 0.3) is 0 Å². The molecule has 0 bridgehead atoms. The lowest BCUT2D eigenvalue weighted by Crippen LogP contribution is -2.40. The van der Waals surface area contributed by atoms with Gasteiger partial charge in [0.2, 0.25) is 0 Å². The maximum Gasteiger partial charge on any atom is 0.129 e. The molecule has 0 saturated heterocycles. The average molecular weight is 229 g/mol. The Labute approximate surface area is 94.0 Å². The van der Waals surface area contributed by atoms with E-state index in [2.05, 4.69) is 10.7 Å². The van der Waals surface area contributed by atoms with Gasteiger partial charge in [0.15, 0.2) is 0 Å². The van der Waals surface area contributed by atoms with E-state index in [0.29, 0.717) is 18.8 Å². The molecule has 0 saturated carbocycles. The van der Waals surface area contributed by atoms with Gasteiger partial charge in [-0.05, 0) is 11.6 Å². The quantitative estimate of drug-likeness (QED) is 0.308. The topological polar surface area (TPSA) is 50.1 Å². The van der Waals surface area contributed by atoms with E-state index in [4.69, 9.17) is 5.84 Å². The van der Waals surface area contributed by atoms with Gasteiger partial charge in [-0.25, -0.2) is 14.2 Å². The predicted octanol–water partition coefficient (Wildman–Crippen LogP) is 1.25. The van der Waals surface area contributed by atoms with E-state index in [1.165, 1.54) is 12.1 Å². The second-order valence-electron chi connectivity index (χ2n) is 4.32.